The van der Waals surface area contributed by atoms with Gasteiger partial charge < -0.3 is 15.4 Å². The molecule has 1 aromatic carbocycles. The highest BCUT2D eigenvalue weighted by Gasteiger charge is 2.42. The van der Waals surface area contributed by atoms with Crippen molar-refractivity contribution in [2.75, 3.05) is 19.7 Å². The molecule has 1 amide bonds. The van der Waals surface area contributed by atoms with E-state index >= 15 is 0 Å². The van der Waals surface area contributed by atoms with Crippen LogP contribution in [0, 0.1) is 0 Å². The van der Waals surface area contributed by atoms with E-state index < -0.39 is 35.7 Å². The van der Waals surface area contributed by atoms with Gasteiger partial charge >= 0.3 is 6.18 Å². The Bertz CT molecular complexity index is 591. The van der Waals surface area contributed by atoms with Crippen LogP contribution in [0.2, 0.25) is 0 Å². The molecule has 2 unspecified atom stereocenters. The first-order valence-electron chi connectivity index (χ1n) is 7.18. The molecule has 0 spiro atoms. The average molecular weight is 352 g/mol. The topological polar surface area (TPSA) is 55.6 Å². The van der Waals surface area contributed by atoms with Crippen molar-refractivity contribution in [3.05, 3.63) is 35.4 Å². The molecule has 9 heteroatoms. The summed E-state index contributed by atoms with van der Waals surface area (Å²) in [6.45, 7) is 0.889. The summed E-state index contributed by atoms with van der Waals surface area (Å²) in [5, 5.41) is 0. The molecule has 24 heavy (non-hydrogen) atoms. The SMILES string of the molecule is CC1(C(F)F)CN(C(=O)C(N)c2ccc(C(F)(F)F)cc2)CCO1. The molecule has 2 atom stereocenters. The number of benzene rings is 1. The lowest BCUT2D eigenvalue weighted by Gasteiger charge is -2.40. The average Bonchev–Trinajstić information content (AvgIpc) is 2.52. The fourth-order valence-electron chi connectivity index (χ4n) is 2.43. The van der Waals surface area contributed by atoms with E-state index in [1.54, 1.807) is 0 Å². The van der Waals surface area contributed by atoms with Crippen LogP contribution >= 0.6 is 0 Å². The number of halogens is 5. The van der Waals surface area contributed by atoms with Crippen LogP contribution in [0.5, 0.6) is 0 Å². The lowest BCUT2D eigenvalue weighted by atomic mass is 10.0. The summed E-state index contributed by atoms with van der Waals surface area (Å²) in [6.07, 6.45) is -7.27. The van der Waals surface area contributed by atoms with Gasteiger partial charge in [0, 0.05) is 6.54 Å². The van der Waals surface area contributed by atoms with E-state index in [0.29, 0.717) is 0 Å². The summed E-state index contributed by atoms with van der Waals surface area (Å²) < 4.78 is 68.7. The Balaban J connectivity index is 2.12. The first kappa shape index (κ1) is 18.6. The highest BCUT2D eigenvalue weighted by molar-refractivity contribution is 5.83. The number of carbonyl (C=O) groups is 1. The third-order valence-corrected chi connectivity index (χ3v) is 3.93. The van der Waals surface area contributed by atoms with Crippen LogP contribution in [0.1, 0.15) is 24.1 Å². The first-order chi connectivity index (χ1) is 11.0. The van der Waals surface area contributed by atoms with Crippen molar-refractivity contribution >= 4 is 5.91 Å². The lowest BCUT2D eigenvalue weighted by Crippen LogP contribution is -2.57. The minimum atomic E-state index is -4.49. The molecule has 0 radical (unpaired) electrons. The second-order valence-electron chi connectivity index (χ2n) is 5.82. The Hall–Kier alpha value is -1.74. The number of nitrogens with zero attached hydrogens (tertiary/aromatic N) is 1. The molecule has 1 aliphatic rings. The summed E-state index contributed by atoms with van der Waals surface area (Å²) in [4.78, 5) is 13.5. The van der Waals surface area contributed by atoms with Gasteiger partial charge in [-0.3, -0.25) is 4.79 Å². The maximum Gasteiger partial charge on any atom is 0.416 e. The lowest BCUT2D eigenvalue weighted by molar-refractivity contribution is -0.179. The van der Waals surface area contributed by atoms with Crippen LogP contribution in [0.4, 0.5) is 22.0 Å². The minimum absolute atomic E-state index is 0.0632. The molecule has 1 aliphatic heterocycles. The highest BCUT2D eigenvalue weighted by atomic mass is 19.4. The number of ether oxygens (including phenoxy) is 1. The molecule has 4 nitrogen and oxygen atoms in total. The third kappa shape index (κ3) is 3.84. The van der Waals surface area contributed by atoms with Crippen molar-refractivity contribution in [3.8, 4) is 0 Å². The summed E-state index contributed by atoms with van der Waals surface area (Å²) in [7, 11) is 0. The molecule has 2 rings (SSSR count). The molecule has 1 saturated heterocycles. The zero-order valence-corrected chi connectivity index (χ0v) is 12.8. The predicted molar refractivity (Wildman–Crippen MR) is 75.3 cm³/mol. The predicted octanol–water partition coefficient (Wildman–Crippen LogP) is 2.59. The van der Waals surface area contributed by atoms with Crippen LogP contribution in [-0.4, -0.2) is 42.5 Å². The number of hydrogen-bond donors (Lipinski definition) is 1. The molecule has 0 bridgehead atoms. The van der Waals surface area contributed by atoms with Crippen molar-refractivity contribution in [1.82, 2.24) is 4.90 Å². The summed E-state index contributed by atoms with van der Waals surface area (Å²) in [6, 6.07) is 2.64. The number of alkyl halides is 5. The van der Waals surface area contributed by atoms with E-state index in [0.717, 1.165) is 29.2 Å². The first-order valence-corrected chi connectivity index (χ1v) is 7.18. The van der Waals surface area contributed by atoms with E-state index in [9.17, 15) is 26.7 Å². The minimum Gasteiger partial charge on any atom is -0.366 e. The zero-order valence-electron chi connectivity index (χ0n) is 12.8. The second kappa shape index (κ2) is 6.64. The molecular formula is C15H17F5N2O2. The third-order valence-electron chi connectivity index (χ3n) is 3.93. The molecule has 134 valence electrons. The molecular weight excluding hydrogens is 335 g/mol. The number of nitrogens with two attached hydrogens (primary N) is 1. The van der Waals surface area contributed by atoms with Crippen molar-refractivity contribution in [3.63, 3.8) is 0 Å². The Kier molecular flexibility index (Phi) is 5.14. The number of carbonyl (C=O) groups excluding carboxylic acids is 1. The normalized spacial score (nSPS) is 23.4. The fraction of sp³-hybridized carbons (Fsp3) is 0.533. The van der Waals surface area contributed by atoms with Gasteiger partial charge in [0.15, 0.2) is 0 Å². The Labute approximate surface area is 135 Å². The van der Waals surface area contributed by atoms with Gasteiger partial charge in [0.1, 0.15) is 11.6 Å². The van der Waals surface area contributed by atoms with Gasteiger partial charge in [-0.25, -0.2) is 8.78 Å². The molecule has 1 heterocycles. The van der Waals surface area contributed by atoms with Gasteiger partial charge in [-0.2, -0.15) is 13.2 Å². The monoisotopic (exact) mass is 352 g/mol. The van der Waals surface area contributed by atoms with Gasteiger partial charge in [-0.1, -0.05) is 12.1 Å². The Morgan fingerprint density at radius 2 is 1.88 bits per heavy atom. The molecule has 0 aliphatic carbocycles. The standard InChI is InChI=1S/C15H17F5N2O2/c1-14(13(16)17)8-22(6-7-24-14)12(23)11(21)9-2-4-10(5-3-9)15(18,19)20/h2-5,11,13H,6-8,21H2,1H3. The van der Waals surface area contributed by atoms with Crippen molar-refractivity contribution in [2.45, 2.75) is 31.2 Å². The number of hydrogen-bond acceptors (Lipinski definition) is 3. The smallest absolute Gasteiger partial charge is 0.366 e. The van der Waals surface area contributed by atoms with Gasteiger partial charge in [-0.05, 0) is 24.6 Å². The summed E-state index contributed by atoms with van der Waals surface area (Å²) in [5.41, 5.74) is 3.33. The van der Waals surface area contributed by atoms with Crippen LogP contribution in [0.3, 0.4) is 0 Å². The van der Waals surface area contributed by atoms with Gasteiger partial charge in [0.25, 0.3) is 6.43 Å². The maximum absolute atomic E-state index is 13.0. The van der Waals surface area contributed by atoms with Gasteiger partial charge in [-0.15, -0.1) is 0 Å². The van der Waals surface area contributed by atoms with Crippen molar-refractivity contribution in [2.24, 2.45) is 5.73 Å². The number of morpholine rings is 1. The van der Waals surface area contributed by atoms with Crippen molar-refractivity contribution < 1.29 is 31.5 Å². The Morgan fingerprint density at radius 1 is 1.29 bits per heavy atom. The van der Waals surface area contributed by atoms with Crippen LogP contribution < -0.4 is 5.73 Å². The molecule has 1 fully saturated rings. The second-order valence-corrected chi connectivity index (χ2v) is 5.82. The van der Waals surface area contributed by atoms with Gasteiger partial charge in [0.2, 0.25) is 5.91 Å². The largest absolute Gasteiger partial charge is 0.416 e. The molecule has 2 N–H and O–H groups in total. The van der Waals surface area contributed by atoms with E-state index in [2.05, 4.69) is 0 Å². The number of rotatable bonds is 3. The molecule has 1 aromatic rings. The fourth-order valence-corrected chi connectivity index (χ4v) is 2.43. The summed E-state index contributed by atoms with van der Waals surface area (Å²) in [5.74, 6) is -0.634. The Morgan fingerprint density at radius 3 is 2.38 bits per heavy atom. The molecule has 0 saturated carbocycles. The van der Waals surface area contributed by atoms with E-state index in [1.807, 2.05) is 0 Å². The molecule has 0 aromatic heterocycles. The van der Waals surface area contributed by atoms with Crippen LogP contribution in [0.25, 0.3) is 0 Å². The highest BCUT2D eigenvalue weighted by Crippen LogP contribution is 2.30. The van der Waals surface area contributed by atoms with E-state index in [4.69, 9.17) is 10.5 Å². The summed E-state index contributed by atoms with van der Waals surface area (Å²) >= 11 is 0. The number of amides is 1. The maximum atomic E-state index is 13.0. The van der Waals surface area contributed by atoms with E-state index in [1.165, 1.54) is 6.92 Å². The van der Waals surface area contributed by atoms with Gasteiger partial charge in [0.05, 0.1) is 18.7 Å². The van der Waals surface area contributed by atoms with Crippen LogP contribution in [-0.2, 0) is 15.7 Å². The zero-order chi connectivity index (χ0) is 18.1. The van der Waals surface area contributed by atoms with E-state index in [-0.39, 0.29) is 25.3 Å². The van der Waals surface area contributed by atoms with Crippen molar-refractivity contribution in [1.29, 1.82) is 0 Å². The quantitative estimate of drug-likeness (QED) is 0.851. The van der Waals surface area contributed by atoms with Crippen LogP contribution in [0.15, 0.2) is 24.3 Å².